The molecule has 9 heteroatoms. The topological polar surface area (TPSA) is 110 Å². The van der Waals surface area contributed by atoms with E-state index in [0.717, 1.165) is 16.4 Å². The lowest BCUT2D eigenvalue weighted by Gasteiger charge is -2.24. The average molecular weight is 318 g/mol. The highest BCUT2D eigenvalue weighted by Gasteiger charge is 2.33. The highest BCUT2D eigenvalue weighted by molar-refractivity contribution is 7.89. The molecule has 0 bridgehead atoms. The quantitative estimate of drug-likeness (QED) is 0.593. The normalized spacial score (nSPS) is 11.9. The van der Waals surface area contributed by atoms with Gasteiger partial charge >= 0.3 is 0 Å². The van der Waals surface area contributed by atoms with Gasteiger partial charge in [-0.2, -0.15) is 4.31 Å². The zero-order valence-corrected chi connectivity index (χ0v) is 12.8. The molecule has 1 N–H and O–H groups in total. The number of rotatable bonds is 7. The second-order valence-corrected chi connectivity index (χ2v) is 6.38. The second-order valence-electron chi connectivity index (χ2n) is 4.52. The summed E-state index contributed by atoms with van der Waals surface area (Å²) in [5.41, 5.74) is -0.557. The largest absolute Gasteiger partial charge is 0.497 e. The van der Waals surface area contributed by atoms with Gasteiger partial charge in [0.25, 0.3) is 5.69 Å². The third-order valence-corrected chi connectivity index (χ3v) is 4.97. The molecule has 0 unspecified atom stereocenters. The van der Waals surface area contributed by atoms with E-state index in [9.17, 15) is 18.5 Å². The maximum absolute atomic E-state index is 12.6. The molecule has 0 aliphatic rings. The molecule has 0 aromatic heterocycles. The van der Waals surface area contributed by atoms with E-state index in [2.05, 4.69) is 0 Å². The third kappa shape index (κ3) is 3.69. The smallest absolute Gasteiger partial charge is 0.293 e. The molecule has 0 saturated heterocycles. The summed E-state index contributed by atoms with van der Waals surface area (Å²) >= 11 is 0. The molecular formula is C12H18N2O6S. The molecule has 1 rings (SSSR count). The molecule has 0 radical (unpaired) electrons. The van der Waals surface area contributed by atoms with Crippen LogP contribution in [0.25, 0.3) is 0 Å². The first-order chi connectivity index (χ1) is 9.75. The summed E-state index contributed by atoms with van der Waals surface area (Å²) in [6, 6.07) is 3.10. The standard InChI is InChI=1S/C12H18N2O6S/c1-9(2)13(6-7-15)21(18,19)12-5-4-10(20-3)8-11(12)14(16)17/h4-5,8-9,15H,6-7H2,1-3H3. The first kappa shape index (κ1) is 17.3. The van der Waals surface area contributed by atoms with Crippen molar-refractivity contribution < 1.29 is 23.2 Å². The monoisotopic (exact) mass is 318 g/mol. The molecule has 0 fully saturated rings. The number of ether oxygens (including phenoxy) is 1. The van der Waals surface area contributed by atoms with Crippen molar-refractivity contribution >= 4 is 15.7 Å². The number of sulfonamides is 1. The lowest BCUT2D eigenvalue weighted by Crippen LogP contribution is -2.39. The highest BCUT2D eigenvalue weighted by atomic mass is 32.2. The van der Waals surface area contributed by atoms with Gasteiger partial charge < -0.3 is 9.84 Å². The Morgan fingerprint density at radius 3 is 2.48 bits per heavy atom. The molecule has 1 aromatic rings. The summed E-state index contributed by atoms with van der Waals surface area (Å²) in [7, 11) is -2.75. The van der Waals surface area contributed by atoms with Crippen molar-refractivity contribution in [3.05, 3.63) is 28.3 Å². The van der Waals surface area contributed by atoms with Crippen LogP contribution in [0.15, 0.2) is 23.1 Å². The second kappa shape index (κ2) is 6.83. The minimum atomic E-state index is -4.09. The molecule has 118 valence electrons. The number of nitro benzene ring substituents is 1. The van der Waals surface area contributed by atoms with E-state index in [1.165, 1.54) is 13.2 Å². The zero-order chi connectivity index (χ0) is 16.2. The van der Waals surface area contributed by atoms with Gasteiger partial charge in [-0.1, -0.05) is 0 Å². The van der Waals surface area contributed by atoms with Gasteiger partial charge in [-0.15, -0.1) is 0 Å². The van der Waals surface area contributed by atoms with Crippen molar-refractivity contribution in [3.63, 3.8) is 0 Å². The number of hydrogen-bond acceptors (Lipinski definition) is 6. The Bertz CT molecular complexity index is 614. The van der Waals surface area contributed by atoms with Crippen LogP contribution in [-0.2, 0) is 10.0 Å². The van der Waals surface area contributed by atoms with Crippen LogP contribution in [0.3, 0.4) is 0 Å². The van der Waals surface area contributed by atoms with Gasteiger partial charge in [0, 0.05) is 12.6 Å². The molecule has 0 atom stereocenters. The minimum absolute atomic E-state index is 0.136. The van der Waals surface area contributed by atoms with Crippen molar-refractivity contribution in [1.29, 1.82) is 0 Å². The van der Waals surface area contributed by atoms with Crippen molar-refractivity contribution in [2.24, 2.45) is 0 Å². The summed E-state index contributed by atoms with van der Waals surface area (Å²) in [5, 5.41) is 20.1. The number of aliphatic hydroxyl groups is 1. The van der Waals surface area contributed by atoms with E-state index in [1.807, 2.05) is 0 Å². The SMILES string of the molecule is COc1ccc(S(=O)(=O)N(CCO)C(C)C)c([N+](=O)[O-])c1. The molecule has 0 aliphatic carbocycles. The molecule has 0 aliphatic heterocycles. The molecule has 0 heterocycles. The number of nitrogens with zero attached hydrogens (tertiary/aromatic N) is 2. The van der Waals surface area contributed by atoms with Gasteiger partial charge in [0.2, 0.25) is 10.0 Å². The van der Waals surface area contributed by atoms with E-state index in [1.54, 1.807) is 13.8 Å². The van der Waals surface area contributed by atoms with E-state index >= 15 is 0 Å². The summed E-state index contributed by atoms with van der Waals surface area (Å²) in [6.45, 7) is 2.75. The Morgan fingerprint density at radius 2 is 2.05 bits per heavy atom. The maximum atomic E-state index is 12.6. The molecular weight excluding hydrogens is 300 g/mol. The van der Waals surface area contributed by atoms with Crippen molar-refractivity contribution in [3.8, 4) is 5.75 Å². The van der Waals surface area contributed by atoms with Crippen LogP contribution in [-0.4, -0.2) is 49.1 Å². The number of benzene rings is 1. The molecule has 0 saturated carbocycles. The van der Waals surface area contributed by atoms with Crippen LogP contribution in [0.4, 0.5) is 5.69 Å². The third-order valence-electron chi connectivity index (χ3n) is 2.85. The van der Waals surface area contributed by atoms with Gasteiger partial charge in [-0.05, 0) is 26.0 Å². The van der Waals surface area contributed by atoms with Gasteiger partial charge in [0.15, 0.2) is 4.90 Å². The minimum Gasteiger partial charge on any atom is -0.497 e. The predicted molar refractivity (Wildman–Crippen MR) is 75.8 cm³/mol. The van der Waals surface area contributed by atoms with Crippen LogP contribution >= 0.6 is 0 Å². The Hall–Kier alpha value is -1.71. The van der Waals surface area contributed by atoms with Gasteiger partial charge in [-0.25, -0.2) is 8.42 Å². The van der Waals surface area contributed by atoms with E-state index in [-0.39, 0.29) is 18.9 Å². The summed E-state index contributed by atoms with van der Waals surface area (Å²) in [5.74, 6) is 0.193. The summed E-state index contributed by atoms with van der Waals surface area (Å²) < 4.78 is 31.0. The van der Waals surface area contributed by atoms with Gasteiger partial charge in [0.05, 0.1) is 24.7 Å². The van der Waals surface area contributed by atoms with Gasteiger partial charge in [-0.3, -0.25) is 10.1 Å². The number of nitro groups is 1. The first-order valence-corrected chi connectivity index (χ1v) is 7.64. The number of aliphatic hydroxyl groups excluding tert-OH is 1. The van der Waals surface area contributed by atoms with Crippen LogP contribution < -0.4 is 4.74 Å². The Labute approximate surface area is 123 Å². The first-order valence-electron chi connectivity index (χ1n) is 6.20. The predicted octanol–water partition coefficient (Wildman–Crippen LogP) is 0.995. The Kier molecular flexibility index (Phi) is 5.64. The van der Waals surface area contributed by atoms with Crippen LogP contribution in [0.5, 0.6) is 5.75 Å². The maximum Gasteiger partial charge on any atom is 0.293 e. The van der Waals surface area contributed by atoms with Gasteiger partial charge in [0.1, 0.15) is 5.75 Å². The van der Waals surface area contributed by atoms with Crippen molar-refractivity contribution in [2.75, 3.05) is 20.3 Å². The van der Waals surface area contributed by atoms with Crippen LogP contribution in [0, 0.1) is 10.1 Å². The average Bonchev–Trinajstić information content (AvgIpc) is 2.43. The molecule has 21 heavy (non-hydrogen) atoms. The lowest BCUT2D eigenvalue weighted by atomic mass is 10.3. The highest BCUT2D eigenvalue weighted by Crippen LogP contribution is 2.31. The fraction of sp³-hybridized carbons (Fsp3) is 0.500. The number of methoxy groups -OCH3 is 1. The van der Waals surface area contributed by atoms with E-state index in [4.69, 9.17) is 9.84 Å². The molecule has 8 nitrogen and oxygen atoms in total. The molecule has 1 aromatic carbocycles. The van der Waals surface area contributed by atoms with E-state index < -0.39 is 31.6 Å². The zero-order valence-electron chi connectivity index (χ0n) is 12.0. The number of hydrogen-bond donors (Lipinski definition) is 1. The van der Waals surface area contributed by atoms with Crippen molar-refractivity contribution in [2.45, 2.75) is 24.8 Å². The summed E-state index contributed by atoms with van der Waals surface area (Å²) in [6.07, 6.45) is 0. The molecule has 0 amide bonds. The Balaban J connectivity index is 3.46. The summed E-state index contributed by atoms with van der Waals surface area (Å²) in [4.78, 5) is 9.91. The molecule has 0 spiro atoms. The van der Waals surface area contributed by atoms with Crippen molar-refractivity contribution in [1.82, 2.24) is 4.31 Å². The lowest BCUT2D eigenvalue weighted by molar-refractivity contribution is -0.387. The van der Waals surface area contributed by atoms with Crippen LogP contribution in [0.2, 0.25) is 0 Å². The van der Waals surface area contributed by atoms with E-state index in [0.29, 0.717) is 0 Å². The fourth-order valence-corrected chi connectivity index (χ4v) is 3.63. The van der Waals surface area contributed by atoms with Crippen LogP contribution in [0.1, 0.15) is 13.8 Å². The Morgan fingerprint density at radius 1 is 1.43 bits per heavy atom. The fourth-order valence-electron chi connectivity index (χ4n) is 1.87.